The summed E-state index contributed by atoms with van der Waals surface area (Å²) in [7, 11) is -3.59. The maximum atomic E-state index is 12.1. The summed E-state index contributed by atoms with van der Waals surface area (Å²) in [6, 6.07) is 8.30. The Kier molecular flexibility index (Phi) is 3.99. The molecule has 0 radical (unpaired) electrons. The van der Waals surface area contributed by atoms with Crippen molar-refractivity contribution in [1.29, 1.82) is 0 Å². The Morgan fingerprint density at radius 1 is 1.26 bits per heavy atom. The molecule has 0 unspecified atom stereocenters. The van der Waals surface area contributed by atoms with Gasteiger partial charge in [-0.2, -0.15) is 0 Å². The van der Waals surface area contributed by atoms with Gasteiger partial charge < -0.3 is 4.98 Å². The minimum atomic E-state index is -3.59. The summed E-state index contributed by atoms with van der Waals surface area (Å²) < 4.78 is 26.8. The molecular formula is C13H15ClN2O2S. The molecular weight excluding hydrogens is 284 g/mol. The summed E-state index contributed by atoms with van der Waals surface area (Å²) >= 11 is 5.90. The van der Waals surface area contributed by atoms with Gasteiger partial charge in [-0.25, -0.2) is 13.1 Å². The third-order valence-corrected chi connectivity index (χ3v) is 4.74. The number of hydrogen-bond acceptors (Lipinski definition) is 2. The lowest BCUT2D eigenvalue weighted by Gasteiger charge is -2.07. The number of benzene rings is 1. The first-order valence-electron chi connectivity index (χ1n) is 5.79. The van der Waals surface area contributed by atoms with Crippen molar-refractivity contribution in [3.63, 3.8) is 0 Å². The number of aromatic nitrogens is 1. The van der Waals surface area contributed by atoms with Crippen LogP contribution >= 0.6 is 11.6 Å². The number of sulfonamides is 1. The molecule has 2 N–H and O–H groups in total. The molecule has 0 amide bonds. The van der Waals surface area contributed by atoms with Crippen LogP contribution in [0.15, 0.2) is 35.2 Å². The molecule has 0 fully saturated rings. The molecule has 6 heteroatoms. The summed E-state index contributed by atoms with van der Waals surface area (Å²) in [5, 5.41) is 0.219. The van der Waals surface area contributed by atoms with Gasteiger partial charge in [-0.05, 0) is 37.6 Å². The summed E-state index contributed by atoms with van der Waals surface area (Å²) in [5.74, 6) is 0. The molecule has 0 aliphatic rings. The maximum absolute atomic E-state index is 12.1. The largest absolute Gasteiger partial charge is 0.362 e. The number of H-pyrrole nitrogens is 1. The predicted octanol–water partition coefficient (Wildman–Crippen LogP) is 2.76. The molecule has 19 heavy (non-hydrogen) atoms. The molecule has 0 saturated carbocycles. The van der Waals surface area contributed by atoms with E-state index in [-0.39, 0.29) is 16.5 Å². The third kappa shape index (κ3) is 3.18. The highest BCUT2D eigenvalue weighted by atomic mass is 35.5. The molecule has 1 aromatic carbocycles. The first kappa shape index (κ1) is 14.1. The molecule has 102 valence electrons. The normalized spacial score (nSPS) is 11.7. The van der Waals surface area contributed by atoms with E-state index in [9.17, 15) is 8.42 Å². The zero-order valence-electron chi connectivity index (χ0n) is 10.7. The first-order valence-corrected chi connectivity index (χ1v) is 7.65. The topological polar surface area (TPSA) is 62.0 Å². The summed E-state index contributed by atoms with van der Waals surface area (Å²) in [6.07, 6.45) is 0. The van der Waals surface area contributed by atoms with Gasteiger partial charge in [0.25, 0.3) is 0 Å². The zero-order valence-corrected chi connectivity index (χ0v) is 12.3. The van der Waals surface area contributed by atoms with Crippen molar-refractivity contribution >= 4 is 21.6 Å². The van der Waals surface area contributed by atoms with Gasteiger partial charge >= 0.3 is 0 Å². The number of halogens is 1. The minimum absolute atomic E-state index is 0.0987. The SMILES string of the molecule is Cc1cc(CNS(=O)(=O)c2ccccc2Cl)c(C)[nH]1. The van der Waals surface area contributed by atoms with Gasteiger partial charge in [0.1, 0.15) is 4.90 Å². The Hall–Kier alpha value is -1.30. The van der Waals surface area contributed by atoms with Crippen molar-refractivity contribution in [2.45, 2.75) is 25.3 Å². The van der Waals surface area contributed by atoms with E-state index in [1.54, 1.807) is 18.2 Å². The second-order valence-corrected chi connectivity index (χ2v) is 6.50. The van der Waals surface area contributed by atoms with E-state index in [4.69, 9.17) is 11.6 Å². The number of aromatic amines is 1. The highest BCUT2D eigenvalue weighted by Gasteiger charge is 2.17. The molecule has 0 bridgehead atoms. The lowest BCUT2D eigenvalue weighted by Crippen LogP contribution is -2.23. The fourth-order valence-corrected chi connectivity index (χ4v) is 3.40. The Morgan fingerprint density at radius 3 is 2.53 bits per heavy atom. The second kappa shape index (κ2) is 5.36. The smallest absolute Gasteiger partial charge is 0.242 e. The van der Waals surface area contributed by atoms with Gasteiger partial charge in [0, 0.05) is 17.9 Å². The molecule has 2 aromatic rings. The molecule has 0 aliphatic heterocycles. The predicted molar refractivity (Wildman–Crippen MR) is 75.7 cm³/mol. The average Bonchev–Trinajstić information content (AvgIpc) is 2.66. The van der Waals surface area contributed by atoms with E-state index in [0.717, 1.165) is 17.0 Å². The number of aryl methyl sites for hydroxylation is 2. The minimum Gasteiger partial charge on any atom is -0.362 e. The Morgan fingerprint density at radius 2 is 1.95 bits per heavy atom. The highest BCUT2D eigenvalue weighted by molar-refractivity contribution is 7.89. The number of hydrogen-bond donors (Lipinski definition) is 2. The first-order chi connectivity index (χ1) is 8.90. The standard InChI is InChI=1S/C13H15ClN2O2S/c1-9-7-11(10(2)16-9)8-15-19(17,18)13-6-4-3-5-12(13)14/h3-7,15-16H,8H2,1-2H3. The fourth-order valence-electron chi connectivity index (χ4n) is 1.88. The zero-order chi connectivity index (χ0) is 14.0. The van der Waals surface area contributed by atoms with Crippen LogP contribution in [0.2, 0.25) is 5.02 Å². The Balaban J connectivity index is 2.19. The van der Waals surface area contributed by atoms with E-state index >= 15 is 0 Å². The number of rotatable bonds is 4. The van der Waals surface area contributed by atoms with Crippen molar-refractivity contribution in [3.05, 3.63) is 52.3 Å². The maximum Gasteiger partial charge on any atom is 0.242 e. The Bertz CT molecular complexity index is 692. The van der Waals surface area contributed by atoms with Gasteiger partial charge in [-0.1, -0.05) is 23.7 Å². The number of nitrogens with one attached hydrogen (secondary N) is 2. The molecule has 0 aliphatic carbocycles. The highest BCUT2D eigenvalue weighted by Crippen LogP contribution is 2.20. The van der Waals surface area contributed by atoms with Crippen LogP contribution in [0.3, 0.4) is 0 Å². The Labute approximate surface area is 117 Å². The van der Waals surface area contributed by atoms with Crippen LogP contribution in [-0.4, -0.2) is 13.4 Å². The molecule has 0 atom stereocenters. The van der Waals surface area contributed by atoms with Crippen LogP contribution in [-0.2, 0) is 16.6 Å². The quantitative estimate of drug-likeness (QED) is 0.912. The van der Waals surface area contributed by atoms with Crippen LogP contribution in [0.5, 0.6) is 0 Å². The molecule has 0 saturated heterocycles. The molecule has 2 rings (SSSR count). The van der Waals surface area contributed by atoms with E-state index in [2.05, 4.69) is 9.71 Å². The van der Waals surface area contributed by atoms with Crippen molar-refractivity contribution in [2.24, 2.45) is 0 Å². The summed E-state index contributed by atoms with van der Waals surface area (Å²) in [5.41, 5.74) is 2.89. The van der Waals surface area contributed by atoms with Crippen LogP contribution in [0.25, 0.3) is 0 Å². The van der Waals surface area contributed by atoms with Crippen molar-refractivity contribution in [1.82, 2.24) is 9.71 Å². The van der Waals surface area contributed by atoms with Crippen molar-refractivity contribution < 1.29 is 8.42 Å². The van der Waals surface area contributed by atoms with Crippen molar-refractivity contribution in [2.75, 3.05) is 0 Å². The molecule has 1 aromatic heterocycles. The van der Waals surface area contributed by atoms with Crippen molar-refractivity contribution in [3.8, 4) is 0 Å². The molecule has 0 spiro atoms. The van der Waals surface area contributed by atoms with Gasteiger partial charge in [0.2, 0.25) is 10.0 Å². The van der Waals surface area contributed by atoms with Gasteiger partial charge in [0.05, 0.1) is 5.02 Å². The molecule has 4 nitrogen and oxygen atoms in total. The van der Waals surface area contributed by atoms with Gasteiger partial charge in [-0.3, -0.25) is 0 Å². The summed E-state index contributed by atoms with van der Waals surface area (Å²) in [6.45, 7) is 4.08. The van der Waals surface area contributed by atoms with E-state index < -0.39 is 10.0 Å². The van der Waals surface area contributed by atoms with Crippen LogP contribution in [0, 0.1) is 13.8 Å². The van der Waals surface area contributed by atoms with E-state index in [0.29, 0.717) is 0 Å². The van der Waals surface area contributed by atoms with Gasteiger partial charge in [-0.15, -0.1) is 0 Å². The lowest BCUT2D eigenvalue weighted by atomic mass is 10.2. The monoisotopic (exact) mass is 298 g/mol. The van der Waals surface area contributed by atoms with E-state index in [1.807, 2.05) is 19.9 Å². The fraction of sp³-hybridized carbons (Fsp3) is 0.231. The van der Waals surface area contributed by atoms with Crippen LogP contribution in [0.1, 0.15) is 17.0 Å². The molecule has 1 heterocycles. The average molecular weight is 299 g/mol. The summed E-state index contributed by atoms with van der Waals surface area (Å²) in [4.78, 5) is 3.23. The second-order valence-electron chi connectivity index (χ2n) is 4.36. The van der Waals surface area contributed by atoms with Crippen LogP contribution < -0.4 is 4.72 Å². The third-order valence-electron chi connectivity index (χ3n) is 2.84. The van der Waals surface area contributed by atoms with Crippen LogP contribution in [0.4, 0.5) is 0 Å². The van der Waals surface area contributed by atoms with E-state index in [1.165, 1.54) is 6.07 Å². The van der Waals surface area contributed by atoms with Gasteiger partial charge in [0.15, 0.2) is 0 Å². The lowest BCUT2D eigenvalue weighted by molar-refractivity contribution is 0.581.